The molecule has 1 heterocycles. The lowest BCUT2D eigenvalue weighted by Crippen LogP contribution is -2.54. The highest BCUT2D eigenvalue weighted by molar-refractivity contribution is 6.13. The first kappa shape index (κ1) is 31.5. The van der Waals surface area contributed by atoms with Crippen molar-refractivity contribution in [3.63, 3.8) is 0 Å². The van der Waals surface area contributed by atoms with Crippen LogP contribution in [0.4, 0.5) is 5.69 Å². The molecule has 0 fully saturated rings. The summed E-state index contributed by atoms with van der Waals surface area (Å²) in [4.78, 5) is 2.15. The van der Waals surface area contributed by atoms with E-state index in [1.807, 2.05) is 12.1 Å². The van der Waals surface area contributed by atoms with Crippen molar-refractivity contribution in [2.75, 3.05) is 4.90 Å². The van der Waals surface area contributed by atoms with Gasteiger partial charge in [-0.2, -0.15) is 0 Å². The first-order valence-corrected chi connectivity index (χ1v) is 17.2. The summed E-state index contributed by atoms with van der Waals surface area (Å²) >= 11 is 0. The van der Waals surface area contributed by atoms with Gasteiger partial charge in [-0.25, -0.2) is 0 Å². The largest absolute Gasteiger partial charge is 0.319 e. The molecule has 0 saturated carbocycles. The maximum Gasteiger partial charge on any atom is 0.137 e. The van der Waals surface area contributed by atoms with E-state index in [0.29, 0.717) is 6.54 Å². The van der Waals surface area contributed by atoms with Crippen LogP contribution in [-0.2, 0) is 12.0 Å². The molecule has 50 heavy (non-hydrogen) atoms. The molecule has 4 N–H and O–H groups in total. The number of fused-ring (bicyclic) bond motifs is 3. The predicted octanol–water partition coefficient (Wildman–Crippen LogP) is 9.16. The molecule has 2 atom stereocenters. The Bertz CT molecular complexity index is 2130. The van der Waals surface area contributed by atoms with Crippen molar-refractivity contribution in [1.82, 2.24) is 10.6 Å². The van der Waals surface area contributed by atoms with Crippen LogP contribution < -0.4 is 21.3 Å². The molecule has 1 aliphatic heterocycles. The van der Waals surface area contributed by atoms with Crippen LogP contribution in [0.3, 0.4) is 0 Å². The van der Waals surface area contributed by atoms with E-state index in [9.17, 15) is 0 Å². The Balaban J connectivity index is 1.27. The van der Waals surface area contributed by atoms with Gasteiger partial charge in [0.05, 0.1) is 17.3 Å². The second kappa shape index (κ2) is 13.6. The van der Waals surface area contributed by atoms with E-state index in [0.717, 1.165) is 28.0 Å². The van der Waals surface area contributed by atoms with Crippen molar-refractivity contribution in [2.24, 2.45) is 5.73 Å². The normalized spacial score (nSPS) is 16.4. The van der Waals surface area contributed by atoms with E-state index in [2.05, 4.69) is 186 Å². The minimum Gasteiger partial charge on any atom is -0.319 e. The molecule has 0 saturated heterocycles. The van der Waals surface area contributed by atoms with Gasteiger partial charge in [0.15, 0.2) is 0 Å². The number of hydrogen-bond acceptors (Lipinski definition) is 4. The van der Waals surface area contributed by atoms with E-state index in [1.165, 1.54) is 33.4 Å². The van der Waals surface area contributed by atoms with Crippen molar-refractivity contribution >= 4 is 16.8 Å². The molecule has 6 aromatic carbocycles. The van der Waals surface area contributed by atoms with Crippen molar-refractivity contribution in [3.05, 3.63) is 233 Å². The number of allylic oxidation sites excluding steroid dienone is 4. The van der Waals surface area contributed by atoms with Crippen molar-refractivity contribution < 1.29 is 0 Å². The standard InChI is InChI=1S/C46H40N4/c1-33-38-26-15-17-29-42(38)50(45(47)49-44(35-20-8-3-9-21-35)48-32-34-18-6-2-7-19-34)31-30-41-43(33)39-27-14-16-28-40(39)46(41,36-22-10-4-11-23-36)37-24-12-5-13-25-37/h2-31,44-45,48-49H,1,32,47H2/b31-30-. The monoisotopic (exact) mass is 648 g/mol. The Morgan fingerprint density at radius 1 is 0.620 bits per heavy atom. The van der Waals surface area contributed by atoms with E-state index in [4.69, 9.17) is 12.3 Å². The number of nitrogens with zero attached hydrogens (tertiary/aromatic N) is 1. The van der Waals surface area contributed by atoms with Gasteiger partial charge in [0, 0.05) is 18.3 Å². The maximum absolute atomic E-state index is 7.23. The molecule has 0 amide bonds. The fraction of sp³-hybridized carbons (Fsp3) is 0.0870. The smallest absolute Gasteiger partial charge is 0.137 e. The molecule has 0 spiro atoms. The lowest BCUT2D eigenvalue weighted by molar-refractivity contribution is 0.381. The van der Waals surface area contributed by atoms with Gasteiger partial charge in [-0.3, -0.25) is 16.4 Å². The first-order valence-electron chi connectivity index (χ1n) is 17.2. The third kappa shape index (κ3) is 5.50. The van der Waals surface area contributed by atoms with Crippen molar-refractivity contribution in [3.8, 4) is 0 Å². The van der Waals surface area contributed by atoms with Crippen LogP contribution in [0.2, 0.25) is 0 Å². The van der Waals surface area contributed by atoms with Gasteiger partial charge in [-0.1, -0.05) is 170 Å². The van der Waals surface area contributed by atoms with Crippen LogP contribution in [0.1, 0.15) is 45.1 Å². The second-order valence-electron chi connectivity index (χ2n) is 12.9. The number of rotatable bonds is 9. The molecule has 244 valence electrons. The molecule has 8 rings (SSSR count). The summed E-state index contributed by atoms with van der Waals surface area (Å²) in [6.07, 6.45) is 3.64. The summed E-state index contributed by atoms with van der Waals surface area (Å²) in [6.45, 7) is 5.51. The summed E-state index contributed by atoms with van der Waals surface area (Å²) < 4.78 is 0. The zero-order valence-corrected chi connectivity index (χ0v) is 27.9. The highest BCUT2D eigenvalue weighted by Crippen LogP contribution is 2.58. The number of benzene rings is 6. The van der Waals surface area contributed by atoms with Crippen LogP contribution >= 0.6 is 0 Å². The van der Waals surface area contributed by atoms with Crippen LogP contribution in [0.5, 0.6) is 0 Å². The summed E-state index contributed by atoms with van der Waals surface area (Å²) in [5.41, 5.74) is 19.2. The molecule has 4 heteroatoms. The van der Waals surface area contributed by atoms with Gasteiger partial charge in [-0.05, 0) is 62.2 Å². The average molecular weight is 649 g/mol. The van der Waals surface area contributed by atoms with Crippen LogP contribution in [0, 0.1) is 0 Å². The van der Waals surface area contributed by atoms with Gasteiger partial charge < -0.3 is 4.90 Å². The maximum atomic E-state index is 7.23. The van der Waals surface area contributed by atoms with Crippen LogP contribution in [0.15, 0.2) is 194 Å². The quantitative estimate of drug-likeness (QED) is 0.137. The van der Waals surface area contributed by atoms with Crippen molar-refractivity contribution in [1.29, 1.82) is 0 Å². The molecule has 6 aromatic rings. The SMILES string of the molecule is C=C1C2=C(/C=C\N(C(N)NC(NCc3ccccc3)c3ccccc3)c3ccccc31)C(c1ccccc1)(c1ccccc1)c1ccccc12. The molecular weight excluding hydrogens is 609 g/mol. The highest BCUT2D eigenvalue weighted by atomic mass is 15.4. The number of anilines is 1. The Kier molecular flexibility index (Phi) is 8.57. The van der Waals surface area contributed by atoms with Crippen molar-refractivity contribution in [2.45, 2.75) is 24.4 Å². The summed E-state index contributed by atoms with van der Waals surface area (Å²) in [5.74, 6) is 0. The van der Waals surface area contributed by atoms with Crippen LogP contribution in [-0.4, -0.2) is 6.29 Å². The molecule has 2 aliphatic rings. The zero-order valence-electron chi connectivity index (χ0n) is 27.9. The van der Waals surface area contributed by atoms with Crippen LogP contribution in [0.25, 0.3) is 11.1 Å². The molecule has 0 radical (unpaired) electrons. The molecule has 0 aromatic heterocycles. The number of nitrogens with one attached hydrogen (secondary N) is 2. The summed E-state index contributed by atoms with van der Waals surface area (Å²) in [6, 6.07) is 59.8. The molecule has 0 bridgehead atoms. The van der Waals surface area contributed by atoms with Gasteiger partial charge in [-0.15, -0.1) is 0 Å². The fourth-order valence-electron chi connectivity index (χ4n) is 7.76. The number of nitrogens with two attached hydrogens (primary N) is 1. The van der Waals surface area contributed by atoms with E-state index in [-0.39, 0.29) is 6.17 Å². The highest BCUT2D eigenvalue weighted by Gasteiger charge is 2.48. The Morgan fingerprint density at radius 3 is 1.82 bits per heavy atom. The van der Waals surface area contributed by atoms with E-state index >= 15 is 0 Å². The number of hydrogen-bond donors (Lipinski definition) is 3. The molecule has 4 nitrogen and oxygen atoms in total. The fourth-order valence-corrected chi connectivity index (χ4v) is 7.76. The third-order valence-corrected chi connectivity index (χ3v) is 10.0. The Morgan fingerprint density at radius 2 is 1.16 bits per heavy atom. The Labute approximate surface area is 294 Å². The third-order valence-electron chi connectivity index (χ3n) is 10.0. The zero-order chi connectivity index (χ0) is 33.9. The van der Waals surface area contributed by atoms with Gasteiger partial charge in [0.2, 0.25) is 0 Å². The second-order valence-corrected chi connectivity index (χ2v) is 12.9. The topological polar surface area (TPSA) is 53.3 Å². The lowest BCUT2D eigenvalue weighted by atomic mass is 9.66. The molecule has 2 unspecified atom stereocenters. The van der Waals surface area contributed by atoms with Gasteiger partial charge in [0.25, 0.3) is 0 Å². The Hall–Kier alpha value is -5.78. The minimum absolute atomic E-state index is 0.209. The molecule has 1 aliphatic carbocycles. The lowest BCUT2D eigenvalue weighted by Gasteiger charge is -2.37. The molecular formula is C46H40N4. The summed E-state index contributed by atoms with van der Waals surface area (Å²) in [7, 11) is 0. The summed E-state index contributed by atoms with van der Waals surface area (Å²) in [5, 5.41) is 7.45. The van der Waals surface area contributed by atoms with E-state index in [1.54, 1.807) is 0 Å². The van der Waals surface area contributed by atoms with Gasteiger partial charge in [0.1, 0.15) is 6.29 Å². The predicted molar refractivity (Wildman–Crippen MR) is 207 cm³/mol. The average Bonchev–Trinajstić information content (AvgIpc) is 3.47. The number of para-hydroxylation sites is 1. The van der Waals surface area contributed by atoms with Gasteiger partial charge >= 0.3 is 0 Å². The minimum atomic E-state index is -0.581. The first-order chi connectivity index (χ1) is 24.7. The van der Waals surface area contributed by atoms with E-state index < -0.39 is 11.7 Å².